The predicted octanol–water partition coefficient (Wildman–Crippen LogP) is 5.04. The summed E-state index contributed by atoms with van der Waals surface area (Å²) in [5, 5.41) is 11.6. The molecule has 0 radical (unpaired) electrons. The van der Waals surface area contributed by atoms with Gasteiger partial charge in [-0.3, -0.25) is 24.6 Å². The van der Waals surface area contributed by atoms with Crippen LogP contribution in [0.3, 0.4) is 0 Å². The van der Waals surface area contributed by atoms with Gasteiger partial charge in [0.15, 0.2) is 0 Å². The van der Waals surface area contributed by atoms with Gasteiger partial charge in [0.25, 0.3) is 16.8 Å². The van der Waals surface area contributed by atoms with Crippen LogP contribution in [0.1, 0.15) is 25.0 Å². The highest BCUT2D eigenvalue weighted by Gasteiger charge is 2.36. The van der Waals surface area contributed by atoms with Gasteiger partial charge in [0.2, 0.25) is 0 Å². The molecule has 30 heavy (non-hydrogen) atoms. The zero-order valence-corrected chi connectivity index (χ0v) is 17.3. The van der Waals surface area contributed by atoms with E-state index in [0.717, 1.165) is 33.8 Å². The number of thioether (sulfide) groups is 1. The van der Waals surface area contributed by atoms with E-state index in [2.05, 4.69) is 0 Å². The van der Waals surface area contributed by atoms with E-state index in [1.165, 1.54) is 17.0 Å². The van der Waals surface area contributed by atoms with E-state index in [1.807, 2.05) is 48.9 Å². The highest BCUT2D eigenvalue weighted by atomic mass is 32.2. The van der Waals surface area contributed by atoms with Crippen molar-refractivity contribution in [3.05, 3.63) is 80.9 Å². The van der Waals surface area contributed by atoms with Gasteiger partial charge in [0.05, 0.1) is 9.83 Å². The highest BCUT2D eigenvalue weighted by molar-refractivity contribution is 8.18. The molecule has 2 aromatic carbocycles. The lowest BCUT2D eigenvalue weighted by Gasteiger charge is -2.16. The molecule has 1 aliphatic rings. The third-order valence-electron chi connectivity index (χ3n) is 4.95. The average Bonchev–Trinajstić information content (AvgIpc) is 3.19. The van der Waals surface area contributed by atoms with E-state index >= 15 is 0 Å². The number of rotatable bonds is 5. The van der Waals surface area contributed by atoms with Crippen LogP contribution in [0, 0.1) is 10.1 Å². The SMILES string of the molecule is CC(C)N1C(=O)S/C(=C\c2cn(Cc3ccc([N+](=O)[O-])cc3)c3ccccc23)C1=O. The number of para-hydroxylation sites is 1. The Morgan fingerprint density at radius 1 is 1.10 bits per heavy atom. The van der Waals surface area contributed by atoms with Gasteiger partial charge in [-0.1, -0.05) is 30.3 Å². The molecule has 7 nitrogen and oxygen atoms in total. The first-order valence-electron chi connectivity index (χ1n) is 9.43. The summed E-state index contributed by atoms with van der Waals surface area (Å²) in [6.07, 6.45) is 3.71. The Bertz CT molecular complexity index is 1190. The number of nitro benzene ring substituents is 1. The van der Waals surface area contributed by atoms with Crippen LogP contribution in [0.4, 0.5) is 10.5 Å². The number of nitro groups is 1. The molecule has 0 N–H and O–H groups in total. The Balaban J connectivity index is 1.70. The molecule has 2 amide bonds. The zero-order chi connectivity index (χ0) is 21.4. The Hall–Kier alpha value is -3.39. The van der Waals surface area contributed by atoms with Crippen molar-refractivity contribution in [1.29, 1.82) is 0 Å². The molecule has 0 bridgehead atoms. The van der Waals surface area contributed by atoms with Crippen LogP contribution < -0.4 is 0 Å². The van der Waals surface area contributed by atoms with Crippen molar-refractivity contribution in [1.82, 2.24) is 9.47 Å². The molecule has 4 rings (SSSR count). The van der Waals surface area contributed by atoms with Crippen LogP contribution in [-0.2, 0) is 11.3 Å². The maximum Gasteiger partial charge on any atom is 0.293 e. The second-order valence-corrected chi connectivity index (χ2v) is 8.29. The van der Waals surface area contributed by atoms with Crippen molar-refractivity contribution in [3.8, 4) is 0 Å². The number of hydrogen-bond donors (Lipinski definition) is 0. The number of imide groups is 1. The number of fused-ring (bicyclic) bond motifs is 1. The molecular formula is C22H19N3O4S. The van der Waals surface area contributed by atoms with Crippen LogP contribution in [0.15, 0.2) is 59.6 Å². The molecule has 3 aromatic rings. The summed E-state index contributed by atoms with van der Waals surface area (Å²) < 4.78 is 2.04. The summed E-state index contributed by atoms with van der Waals surface area (Å²) in [5.41, 5.74) is 2.80. The summed E-state index contributed by atoms with van der Waals surface area (Å²) in [6, 6.07) is 14.1. The van der Waals surface area contributed by atoms with Crippen molar-refractivity contribution in [2.45, 2.75) is 26.4 Å². The van der Waals surface area contributed by atoms with Crippen LogP contribution in [0.25, 0.3) is 17.0 Å². The minimum atomic E-state index is -0.420. The highest BCUT2D eigenvalue weighted by Crippen LogP contribution is 2.35. The third-order valence-corrected chi connectivity index (χ3v) is 5.83. The zero-order valence-electron chi connectivity index (χ0n) is 16.4. The molecule has 152 valence electrons. The monoisotopic (exact) mass is 421 g/mol. The van der Waals surface area contributed by atoms with Crippen LogP contribution in [-0.4, -0.2) is 31.6 Å². The number of aromatic nitrogens is 1. The fraction of sp³-hybridized carbons (Fsp3) is 0.182. The van der Waals surface area contributed by atoms with E-state index < -0.39 is 4.92 Å². The molecule has 1 aliphatic heterocycles. The number of carbonyl (C=O) groups is 2. The molecule has 1 saturated heterocycles. The summed E-state index contributed by atoms with van der Waals surface area (Å²) in [6.45, 7) is 4.16. The van der Waals surface area contributed by atoms with Crippen LogP contribution in [0.5, 0.6) is 0 Å². The van der Waals surface area contributed by atoms with Gasteiger partial charge >= 0.3 is 0 Å². The van der Waals surface area contributed by atoms with E-state index in [1.54, 1.807) is 18.2 Å². The summed E-state index contributed by atoms with van der Waals surface area (Å²) in [5.74, 6) is -0.271. The van der Waals surface area contributed by atoms with Gasteiger partial charge in [-0.2, -0.15) is 0 Å². The number of benzene rings is 2. The Morgan fingerprint density at radius 3 is 2.43 bits per heavy atom. The lowest BCUT2D eigenvalue weighted by atomic mass is 10.1. The van der Waals surface area contributed by atoms with E-state index in [0.29, 0.717) is 11.4 Å². The van der Waals surface area contributed by atoms with Gasteiger partial charge in [0, 0.05) is 47.4 Å². The third kappa shape index (κ3) is 3.61. The number of hydrogen-bond acceptors (Lipinski definition) is 5. The smallest absolute Gasteiger partial charge is 0.293 e. The molecule has 2 heterocycles. The molecule has 8 heteroatoms. The van der Waals surface area contributed by atoms with E-state index in [4.69, 9.17) is 0 Å². The molecule has 0 atom stereocenters. The summed E-state index contributed by atoms with van der Waals surface area (Å²) in [7, 11) is 0. The largest absolute Gasteiger partial charge is 0.342 e. The molecule has 0 aliphatic carbocycles. The van der Waals surface area contributed by atoms with Gasteiger partial charge in [0.1, 0.15) is 0 Å². The second kappa shape index (κ2) is 7.79. The summed E-state index contributed by atoms with van der Waals surface area (Å²) >= 11 is 0.956. The first-order valence-corrected chi connectivity index (χ1v) is 10.2. The minimum Gasteiger partial charge on any atom is -0.342 e. The van der Waals surface area contributed by atoms with Gasteiger partial charge in [-0.05, 0) is 43.3 Å². The lowest BCUT2D eigenvalue weighted by Crippen LogP contribution is -2.34. The molecular weight excluding hydrogens is 402 g/mol. The van der Waals surface area contributed by atoms with Crippen molar-refractivity contribution in [3.63, 3.8) is 0 Å². The van der Waals surface area contributed by atoms with Gasteiger partial charge < -0.3 is 4.57 Å². The molecule has 0 unspecified atom stereocenters. The van der Waals surface area contributed by atoms with Crippen LogP contribution in [0.2, 0.25) is 0 Å². The van der Waals surface area contributed by atoms with Gasteiger partial charge in [-0.25, -0.2) is 0 Å². The predicted molar refractivity (Wildman–Crippen MR) is 117 cm³/mol. The fourth-order valence-corrected chi connectivity index (χ4v) is 4.46. The minimum absolute atomic E-state index is 0.0534. The second-order valence-electron chi connectivity index (χ2n) is 7.30. The number of carbonyl (C=O) groups excluding carboxylic acids is 2. The Kier molecular flexibility index (Phi) is 5.17. The maximum absolute atomic E-state index is 12.6. The molecule has 0 saturated carbocycles. The average molecular weight is 421 g/mol. The van der Waals surface area contributed by atoms with Crippen molar-refractivity contribution in [2.24, 2.45) is 0 Å². The fourth-order valence-electron chi connectivity index (χ4n) is 3.51. The number of nitrogens with zero attached hydrogens (tertiary/aromatic N) is 3. The summed E-state index contributed by atoms with van der Waals surface area (Å²) in [4.78, 5) is 36.9. The van der Waals surface area contributed by atoms with E-state index in [9.17, 15) is 19.7 Å². The van der Waals surface area contributed by atoms with Crippen molar-refractivity contribution in [2.75, 3.05) is 0 Å². The normalized spacial score (nSPS) is 15.7. The van der Waals surface area contributed by atoms with Crippen molar-refractivity contribution >= 4 is 45.6 Å². The molecule has 0 spiro atoms. The number of non-ortho nitro benzene ring substituents is 1. The van der Waals surface area contributed by atoms with Crippen LogP contribution >= 0.6 is 11.8 Å². The Morgan fingerprint density at radius 2 is 1.80 bits per heavy atom. The van der Waals surface area contributed by atoms with Gasteiger partial charge in [-0.15, -0.1) is 0 Å². The van der Waals surface area contributed by atoms with E-state index in [-0.39, 0.29) is 22.9 Å². The topological polar surface area (TPSA) is 85.4 Å². The van der Waals surface area contributed by atoms with Crippen molar-refractivity contribution < 1.29 is 14.5 Å². The molecule has 1 fully saturated rings. The standard InChI is InChI=1S/C22H19N3O4S/c1-14(2)24-21(26)20(30-22(24)27)11-16-13-23(19-6-4-3-5-18(16)19)12-15-7-9-17(10-8-15)25(28)29/h3-11,13-14H,12H2,1-2H3/b20-11-. The quantitative estimate of drug-likeness (QED) is 0.327. The molecule has 1 aromatic heterocycles. The first kappa shape index (κ1) is 19.9. The maximum atomic E-state index is 12.6. The lowest BCUT2D eigenvalue weighted by molar-refractivity contribution is -0.384. The number of amides is 2. The Labute approximate surface area is 177 Å². The first-order chi connectivity index (χ1) is 14.3.